The third-order valence-corrected chi connectivity index (χ3v) is 5.74. The van der Waals surface area contributed by atoms with E-state index >= 15 is 0 Å². The molecule has 150 valence electrons. The highest BCUT2D eigenvalue weighted by molar-refractivity contribution is 5.96. The standard InChI is InChI=1S/C25H22FN3O/c1-17-5-4-6-21(13-17)28-16-19(14-24(28)30)25-27-22-7-2-3-8-23(22)29(25)15-18-9-11-20(26)12-10-18/h2-13,19H,14-16H2,1H3/t19-/m0/s1. The van der Waals surface area contributed by atoms with E-state index in [-0.39, 0.29) is 17.6 Å². The van der Waals surface area contributed by atoms with E-state index in [9.17, 15) is 9.18 Å². The molecule has 1 aromatic heterocycles. The Bertz CT molecular complexity index is 1230. The summed E-state index contributed by atoms with van der Waals surface area (Å²) >= 11 is 0. The van der Waals surface area contributed by atoms with Crippen LogP contribution in [0.15, 0.2) is 72.8 Å². The van der Waals surface area contributed by atoms with Gasteiger partial charge in [0.15, 0.2) is 0 Å². The molecule has 4 aromatic rings. The molecule has 5 rings (SSSR count). The molecule has 0 N–H and O–H groups in total. The van der Waals surface area contributed by atoms with Gasteiger partial charge < -0.3 is 9.47 Å². The summed E-state index contributed by atoms with van der Waals surface area (Å²) in [6.45, 7) is 3.23. The van der Waals surface area contributed by atoms with Crippen LogP contribution in [0.2, 0.25) is 0 Å². The smallest absolute Gasteiger partial charge is 0.227 e. The van der Waals surface area contributed by atoms with E-state index < -0.39 is 0 Å². The zero-order chi connectivity index (χ0) is 20.7. The van der Waals surface area contributed by atoms with Gasteiger partial charge in [0.25, 0.3) is 0 Å². The molecule has 2 heterocycles. The SMILES string of the molecule is Cc1cccc(N2C[C@@H](c3nc4ccccc4n3Cc3ccc(F)cc3)CC2=O)c1. The largest absolute Gasteiger partial charge is 0.323 e. The average Bonchev–Trinajstić information content (AvgIpc) is 3.30. The Morgan fingerprint density at radius 1 is 1.03 bits per heavy atom. The molecule has 1 aliphatic heterocycles. The highest BCUT2D eigenvalue weighted by atomic mass is 19.1. The monoisotopic (exact) mass is 399 g/mol. The number of amides is 1. The first-order chi connectivity index (χ1) is 14.6. The van der Waals surface area contributed by atoms with Crippen LogP contribution in [0.5, 0.6) is 0 Å². The van der Waals surface area contributed by atoms with Crippen LogP contribution in [0, 0.1) is 12.7 Å². The minimum absolute atomic E-state index is 0.00543. The van der Waals surface area contributed by atoms with E-state index in [0.29, 0.717) is 19.5 Å². The summed E-state index contributed by atoms with van der Waals surface area (Å²) in [6.07, 6.45) is 0.431. The van der Waals surface area contributed by atoms with Gasteiger partial charge in [-0.05, 0) is 54.4 Å². The minimum Gasteiger partial charge on any atom is -0.323 e. The first-order valence-electron chi connectivity index (χ1n) is 10.1. The average molecular weight is 399 g/mol. The van der Waals surface area contributed by atoms with Gasteiger partial charge in [-0.2, -0.15) is 0 Å². The maximum atomic E-state index is 13.4. The summed E-state index contributed by atoms with van der Waals surface area (Å²) in [6, 6.07) is 22.6. The minimum atomic E-state index is -0.246. The van der Waals surface area contributed by atoms with Gasteiger partial charge in [-0.3, -0.25) is 4.79 Å². The fourth-order valence-corrected chi connectivity index (χ4v) is 4.27. The highest BCUT2D eigenvalue weighted by Gasteiger charge is 2.34. The molecule has 1 atom stereocenters. The van der Waals surface area contributed by atoms with Crippen LogP contribution < -0.4 is 4.90 Å². The molecule has 0 radical (unpaired) electrons. The summed E-state index contributed by atoms with van der Waals surface area (Å²) in [7, 11) is 0. The van der Waals surface area contributed by atoms with Crippen LogP contribution in [-0.4, -0.2) is 22.0 Å². The first-order valence-corrected chi connectivity index (χ1v) is 10.1. The van der Waals surface area contributed by atoms with Gasteiger partial charge in [0.05, 0.1) is 11.0 Å². The Labute approximate surface area is 174 Å². The number of carbonyl (C=O) groups excluding carboxylic acids is 1. The van der Waals surface area contributed by atoms with Crippen LogP contribution in [0.1, 0.15) is 29.3 Å². The fourth-order valence-electron chi connectivity index (χ4n) is 4.27. The third kappa shape index (κ3) is 3.36. The van der Waals surface area contributed by atoms with Gasteiger partial charge in [0.1, 0.15) is 11.6 Å². The van der Waals surface area contributed by atoms with Crippen molar-refractivity contribution in [3.63, 3.8) is 0 Å². The third-order valence-electron chi connectivity index (χ3n) is 5.74. The van der Waals surface area contributed by atoms with Gasteiger partial charge >= 0.3 is 0 Å². The Morgan fingerprint density at radius 3 is 2.63 bits per heavy atom. The molecule has 30 heavy (non-hydrogen) atoms. The van der Waals surface area contributed by atoms with Gasteiger partial charge in [-0.15, -0.1) is 0 Å². The molecule has 0 aliphatic carbocycles. The van der Waals surface area contributed by atoms with Crippen LogP contribution in [0.3, 0.4) is 0 Å². The van der Waals surface area contributed by atoms with Crippen LogP contribution in [0.4, 0.5) is 10.1 Å². The number of para-hydroxylation sites is 2. The molecule has 1 saturated heterocycles. The summed E-state index contributed by atoms with van der Waals surface area (Å²) in [4.78, 5) is 19.6. The number of carbonyl (C=O) groups is 1. The Balaban J connectivity index is 1.52. The van der Waals surface area contributed by atoms with Crippen LogP contribution in [-0.2, 0) is 11.3 Å². The second-order valence-electron chi connectivity index (χ2n) is 7.92. The van der Waals surface area contributed by atoms with Gasteiger partial charge in [-0.1, -0.05) is 36.4 Å². The number of imidazole rings is 1. The molecule has 0 bridgehead atoms. The molecule has 0 unspecified atom stereocenters. The van der Waals surface area contributed by atoms with Crippen molar-refractivity contribution in [1.29, 1.82) is 0 Å². The number of fused-ring (bicyclic) bond motifs is 1. The fraction of sp³-hybridized carbons (Fsp3) is 0.200. The number of nitrogens with zero attached hydrogens (tertiary/aromatic N) is 3. The number of halogens is 1. The number of hydrogen-bond acceptors (Lipinski definition) is 2. The zero-order valence-electron chi connectivity index (χ0n) is 16.8. The lowest BCUT2D eigenvalue weighted by Gasteiger charge is -2.18. The highest BCUT2D eigenvalue weighted by Crippen LogP contribution is 2.33. The topological polar surface area (TPSA) is 38.1 Å². The molecular weight excluding hydrogens is 377 g/mol. The van der Waals surface area contributed by atoms with Crippen LogP contribution >= 0.6 is 0 Å². The molecule has 3 aromatic carbocycles. The van der Waals surface area contributed by atoms with Crippen molar-refractivity contribution in [3.05, 3.63) is 95.6 Å². The van der Waals surface area contributed by atoms with E-state index in [0.717, 1.165) is 33.7 Å². The summed E-state index contributed by atoms with van der Waals surface area (Å²) in [5.74, 6) is 0.783. The maximum Gasteiger partial charge on any atom is 0.227 e. The van der Waals surface area contributed by atoms with E-state index in [4.69, 9.17) is 4.98 Å². The molecular formula is C25H22FN3O. The number of anilines is 1. The first kappa shape index (κ1) is 18.6. The molecule has 1 fully saturated rings. The maximum absolute atomic E-state index is 13.4. The lowest BCUT2D eigenvalue weighted by atomic mass is 10.1. The molecule has 1 aliphatic rings. The molecule has 1 amide bonds. The predicted octanol–water partition coefficient (Wildman–Crippen LogP) is 5.05. The quantitative estimate of drug-likeness (QED) is 0.481. The van der Waals surface area contributed by atoms with Crippen molar-refractivity contribution >= 4 is 22.6 Å². The van der Waals surface area contributed by atoms with Crippen LogP contribution in [0.25, 0.3) is 11.0 Å². The summed E-state index contributed by atoms with van der Waals surface area (Å²) in [5, 5.41) is 0. The number of aromatic nitrogens is 2. The van der Waals surface area contributed by atoms with Crippen molar-refractivity contribution in [2.24, 2.45) is 0 Å². The number of aryl methyl sites for hydroxylation is 1. The van der Waals surface area contributed by atoms with Gasteiger partial charge in [0, 0.05) is 31.1 Å². The van der Waals surface area contributed by atoms with E-state index in [1.54, 1.807) is 12.1 Å². The Hall–Kier alpha value is -3.47. The molecule has 0 spiro atoms. The number of benzene rings is 3. The van der Waals surface area contributed by atoms with E-state index in [1.807, 2.05) is 60.4 Å². The van der Waals surface area contributed by atoms with E-state index in [1.165, 1.54) is 12.1 Å². The number of hydrogen-bond donors (Lipinski definition) is 0. The van der Waals surface area contributed by atoms with Crippen molar-refractivity contribution in [3.8, 4) is 0 Å². The normalized spacial score (nSPS) is 16.5. The van der Waals surface area contributed by atoms with E-state index in [2.05, 4.69) is 4.57 Å². The van der Waals surface area contributed by atoms with Crippen molar-refractivity contribution in [2.45, 2.75) is 25.8 Å². The van der Waals surface area contributed by atoms with Gasteiger partial charge in [-0.25, -0.2) is 9.37 Å². The Kier molecular flexibility index (Phi) is 4.58. The Morgan fingerprint density at radius 2 is 1.83 bits per heavy atom. The van der Waals surface area contributed by atoms with Crippen molar-refractivity contribution in [2.75, 3.05) is 11.4 Å². The van der Waals surface area contributed by atoms with Gasteiger partial charge in [0.2, 0.25) is 5.91 Å². The molecule has 5 heteroatoms. The summed E-state index contributed by atoms with van der Waals surface area (Å²) < 4.78 is 15.5. The molecule has 0 saturated carbocycles. The second-order valence-corrected chi connectivity index (χ2v) is 7.92. The van der Waals surface area contributed by atoms with Crippen molar-refractivity contribution in [1.82, 2.24) is 9.55 Å². The van der Waals surface area contributed by atoms with Crippen molar-refractivity contribution < 1.29 is 9.18 Å². The summed E-state index contributed by atoms with van der Waals surface area (Å²) in [5.41, 5.74) is 5.01. The molecule has 4 nitrogen and oxygen atoms in total. The zero-order valence-corrected chi connectivity index (χ0v) is 16.8. The lowest BCUT2D eigenvalue weighted by molar-refractivity contribution is -0.117. The predicted molar refractivity (Wildman–Crippen MR) is 116 cm³/mol. The lowest BCUT2D eigenvalue weighted by Crippen LogP contribution is -2.24. The second kappa shape index (κ2) is 7.41. The number of rotatable bonds is 4.